The Kier molecular flexibility index (Phi) is 16.0. The first-order valence-electron chi connectivity index (χ1n) is 5.70. The molecule has 148 valence electrons. The number of anilines is 1. The van der Waals surface area contributed by atoms with Crippen LogP contribution < -0.4 is 19.0 Å². The van der Waals surface area contributed by atoms with Crippen molar-refractivity contribution in [1.82, 2.24) is 0 Å². The Morgan fingerprint density at radius 3 is 2.12 bits per heavy atom. The molecule has 0 aromatic heterocycles. The SMILES string of the molecule is CN(CCOP(=O)(O)OP(=O)(O)O)c1ccccc1[N+](=O)[O-].[Be+2].[F-].[F-].[F-]. The van der Waals surface area contributed by atoms with Crippen molar-refractivity contribution < 1.29 is 51.7 Å². The molecule has 0 aliphatic heterocycles. The Labute approximate surface area is 149 Å². The molecular formula is C9H14BeF3N2O9P2-. The molecule has 26 heavy (non-hydrogen) atoms. The predicted molar refractivity (Wildman–Crippen MR) is 81.0 cm³/mol. The smallest absolute Gasteiger partial charge is 1.00 e. The molecule has 0 aliphatic rings. The van der Waals surface area contributed by atoms with E-state index in [1.807, 2.05) is 0 Å². The van der Waals surface area contributed by atoms with E-state index in [9.17, 15) is 19.2 Å². The number of rotatable bonds is 8. The van der Waals surface area contributed by atoms with Crippen LogP contribution in [0.25, 0.3) is 0 Å². The van der Waals surface area contributed by atoms with E-state index in [1.54, 1.807) is 6.07 Å². The van der Waals surface area contributed by atoms with Gasteiger partial charge < -0.3 is 33.7 Å². The second-order valence-corrected chi connectivity index (χ2v) is 6.87. The normalized spacial score (nSPS) is 12.2. The van der Waals surface area contributed by atoms with Crippen molar-refractivity contribution in [1.29, 1.82) is 0 Å². The van der Waals surface area contributed by atoms with Gasteiger partial charge in [0.25, 0.3) is 5.69 Å². The third-order valence-corrected chi connectivity index (χ3v) is 4.57. The molecule has 17 heteroatoms. The van der Waals surface area contributed by atoms with Crippen LogP contribution in [0.15, 0.2) is 24.3 Å². The van der Waals surface area contributed by atoms with E-state index in [2.05, 4.69) is 8.83 Å². The quantitative estimate of drug-likeness (QED) is 0.159. The number of hydrogen-bond acceptors (Lipinski definition) is 7. The molecule has 11 nitrogen and oxygen atoms in total. The van der Waals surface area contributed by atoms with Gasteiger partial charge in [0.15, 0.2) is 0 Å². The number of nitro groups is 1. The second kappa shape index (κ2) is 12.9. The van der Waals surface area contributed by atoms with Crippen molar-refractivity contribution in [2.24, 2.45) is 0 Å². The van der Waals surface area contributed by atoms with E-state index in [0.29, 0.717) is 0 Å². The molecule has 0 radical (unpaired) electrons. The van der Waals surface area contributed by atoms with Gasteiger partial charge in [0.05, 0.1) is 11.5 Å². The molecule has 0 saturated carbocycles. The first-order chi connectivity index (χ1) is 10.0. The maximum atomic E-state index is 11.2. The number of nitrogens with zero attached hydrogens (tertiary/aromatic N) is 2. The van der Waals surface area contributed by atoms with Crippen LogP contribution in [0.1, 0.15) is 0 Å². The summed E-state index contributed by atoms with van der Waals surface area (Å²) in [6, 6.07) is 5.83. The van der Waals surface area contributed by atoms with Crippen molar-refractivity contribution >= 4 is 37.1 Å². The summed E-state index contributed by atoms with van der Waals surface area (Å²) in [4.78, 5) is 37.6. The molecular weight excluding hydrogens is 408 g/mol. The zero-order chi connectivity index (χ0) is 17.0. The molecule has 1 unspecified atom stereocenters. The predicted octanol–water partition coefficient (Wildman–Crippen LogP) is -8.11. The van der Waals surface area contributed by atoms with E-state index in [1.165, 1.54) is 30.1 Å². The van der Waals surface area contributed by atoms with Crippen molar-refractivity contribution in [2.75, 3.05) is 25.1 Å². The Hall–Kier alpha value is -1.36. The number of nitro benzene ring substituents is 1. The number of likely N-dealkylation sites (N-methyl/N-ethyl adjacent to an activating group) is 1. The van der Waals surface area contributed by atoms with Crippen LogP contribution in [0.4, 0.5) is 11.4 Å². The zero-order valence-corrected chi connectivity index (χ0v) is 14.9. The average molecular weight is 422 g/mol. The van der Waals surface area contributed by atoms with Crippen molar-refractivity contribution in [3.05, 3.63) is 34.4 Å². The summed E-state index contributed by atoms with van der Waals surface area (Å²) >= 11 is 0. The van der Waals surface area contributed by atoms with E-state index in [4.69, 9.17) is 14.7 Å². The fourth-order valence-electron chi connectivity index (χ4n) is 1.51. The van der Waals surface area contributed by atoms with Gasteiger partial charge in [0.1, 0.15) is 5.69 Å². The van der Waals surface area contributed by atoms with Gasteiger partial charge in [-0.1, -0.05) is 12.1 Å². The molecule has 0 fully saturated rings. The van der Waals surface area contributed by atoms with Crippen LogP contribution in [0.5, 0.6) is 0 Å². The maximum Gasteiger partial charge on any atom is 2.00 e. The Bertz CT molecular complexity index is 651. The minimum absolute atomic E-state index is 0. The Morgan fingerprint density at radius 2 is 1.65 bits per heavy atom. The van der Waals surface area contributed by atoms with Gasteiger partial charge in [-0.3, -0.25) is 14.6 Å². The van der Waals surface area contributed by atoms with Crippen LogP contribution in [0.2, 0.25) is 0 Å². The molecule has 0 amide bonds. The third-order valence-electron chi connectivity index (χ3n) is 2.38. The minimum Gasteiger partial charge on any atom is -1.00 e. The summed E-state index contributed by atoms with van der Waals surface area (Å²) in [5.41, 5.74) is 0.0865. The molecule has 0 heterocycles. The van der Waals surface area contributed by atoms with E-state index < -0.39 is 27.2 Å². The molecule has 0 spiro atoms. The first-order valence-corrected chi connectivity index (χ1v) is 8.73. The van der Waals surface area contributed by atoms with Crippen LogP contribution in [0.3, 0.4) is 0 Å². The van der Waals surface area contributed by atoms with E-state index in [0.717, 1.165) is 0 Å². The molecule has 1 aromatic rings. The summed E-state index contributed by atoms with van der Waals surface area (Å²) in [5.74, 6) is 0. The molecule has 1 aromatic carbocycles. The van der Waals surface area contributed by atoms with Crippen LogP contribution in [0, 0.1) is 10.1 Å². The van der Waals surface area contributed by atoms with Gasteiger partial charge in [0.2, 0.25) is 0 Å². The van der Waals surface area contributed by atoms with Gasteiger partial charge in [-0.2, -0.15) is 4.31 Å². The van der Waals surface area contributed by atoms with Crippen LogP contribution in [-0.4, -0.2) is 49.9 Å². The maximum absolute atomic E-state index is 11.2. The number of hydrogen-bond donors (Lipinski definition) is 3. The molecule has 1 rings (SSSR count). The Morgan fingerprint density at radius 1 is 1.15 bits per heavy atom. The summed E-state index contributed by atoms with van der Waals surface area (Å²) in [6.07, 6.45) is 0. The topological polar surface area (TPSA) is 160 Å². The largest absolute Gasteiger partial charge is 2.00 e. The summed E-state index contributed by atoms with van der Waals surface area (Å²) in [5, 5.41) is 10.9. The van der Waals surface area contributed by atoms with E-state index >= 15 is 0 Å². The summed E-state index contributed by atoms with van der Waals surface area (Å²) < 4.78 is 29.7. The standard InChI is InChI=1S/C9H14N2O9P2.Be.3FH/c1-10(8-4-2-3-5-9(8)11(12)13)6-7-19-22(17,18)20-21(14,15)16;;;;/h2-5H,6-7H2,1H3,(H,17,18)(H2,14,15,16);;3*1H/q;+2;;;/p-3. The monoisotopic (exact) mass is 422 g/mol. The molecule has 0 bridgehead atoms. The fraction of sp³-hybridized carbons (Fsp3) is 0.333. The summed E-state index contributed by atoms with van der Waals surface area (Å²) in [7, 11) is -8.60. The number of halogens is 3. The molecule has 1 atom stereocenters. The number of benzene rings is 1. The average Bonchev–Trinajstić information content (AvgIpc) is 2.35. The molecule has 0 saturated heterocycles. The van der Waals surface area contributed by atoms with Gasteiger partial charge in [0, 0.05) is 19.7 Å². The summed E-state index contributed by atoms with van der Waals surface area (Å²) in [6.45, 7) is -0.504. The molecule has 3 N–H and O–H groups in total. The van der Waals surface area contributed by atoms with Crippen molar-refractivity contribution in [3.8, 4) is 0 Å². The Balaban J connectivity index is -0.000000605. The first kappa shape index (κ1) is 32.3. The van der Waals surface area contributed by atoms with Crippen molar-refractivity contribution in [2.45, 2.75) is 0 Å². The number of phosphoric acid groups is 2. The van der Waals surface area contributed by atoms with Crippen molar-refractivity contribution in [3.63, 3.8) is 0 Å². The van der Waals surface area contributed by atoms with Crippen LogP contribution in [-0.2, 0) is 18.0 Å². The fourth-order valence-corrected chi connectivity index (χ4v) is 3.09. The number of phosphoric ester groups is 1. The minimum atomic E-state index is -5.17. The molecule has 0 aliphatic carbocycles. The van der Waals surface area contributed by atoms with E-state index in [-0.39, 0.29) is 42.2 Å². The zero-order valence-electron chi connectivity index (χ0n) is 13.1. The number of para-hydroxylation sites is 2. The van der Waals surface area contributed by atoms with Gasteiger partial charge in [-0.25, -0.2) is 9.13 Å². The third kappa shape index (κ3) is 11.3. The van der Waals surface area contributed by atoms with Crippen LogP contribution >= 0.6 is 15.6 Å². The van der Waals surface area contributed by atoms with Gasteiger partial charge in [-0.05, 0) is 6.07 Å². The van der Waals surface area contributed by atoms with Gasteiger partial charge in [-0.15, -0.1) is 0 Å². The second-order valence-electron chi connectivity index (χ2n) is 4.04. The van der Waals surface area contributed by atoms with Gasteiger partial charge >= 0.3 is 25.8 Å².